The highest BCUT2D eigenvalue weighted by atomic mass is 32.2. The maximum atomic E-state index is 12.0. The number of hydrogen-bond donors (Lipinski definition) is 2. The SMILES string of the molecule is CCC(C(N)=S)S(=O)(=O)NCC(C)C(C)(C)C. The molecule has 0 aliphatic rings. The van der Waals surface area contributed by atoms with Crippen LogP contribution >= 0.6 is 12.2 Å². The van der Waals surface area contributed by atoms with Gasteiger partial charge in [0.15, 0.2) is 0 Å². The third-order valence-electron chi connectivity index (χ3n) is 3.13. The molecule has 0 amide bonds. The zero-order valence-corrected chi connectivity index (χ0v) is 12.9. The molecule has 0 aromatic carbocycles. The third-order valence-corrected chi connectivity index (χ3v) is 5.47. The second-order valence-corrected chi connectivity index (χ2v) is 7.88. The summed E-state index contributed by atoms with van der Waals surface area (Å²) in [5.74, 6) is 0.237. The van der Waals surface area contributed by atoms with Gasteiger partial charge in [-0.1, -0.05) is 46.8 Å². The molecular weight excluding hydrogens is 256 g/mol. The minimum Gasteiger partial charge on any atom is -0.392 e. The molecule has 2 unspecified atom stereocenters. The van der Waals surface area contributed by atoms with E-state index in [4.69, 9.17) is 18.0 Å². The Morgan fingerprint density at radius 3 is 2.18 bits per heavy atom. The summed E-state index contributed by atoms with van der Waals surface area (Å²) in [4.78, 5) is 0.0309. The summed E-state index contributed by atoms with van der Waals surface area (Å²) >= 11 is 4.78. The van der Waals surface area contributed by atoms with Gasteiger partial charge in [-0.3, -0.25) is 0 Å². The van der Waals surface area contributed by atoms with E-state index in [2.05, 4.69) is 25.5 Å². The van der Waals surface area contributed by atoms with Crippen molar-refractivity contribution in [3.63, 3.8) is 0 Å². The van der Waals surface area contributed by atoms with Crippen molar-refractivity contribution in [2.45, 2.75) is 46.3 Å². The van der Waals surface area contributed by atoms with Crippen LogP contribution in [0.2, 0.25) is 0 Å². The normalized spacial score (nSPS) is 16.5. The molecule has 4 nitrogen and oxygen atoms in total. The molecule has 0 rings (SSSR count). The fraction of sp³-hybridized carbons (Fsp3) is 0.909. The lowest BCUT2D eigenvalue weighted by molar-refractivity contribution is 0.263. The summed E-state index contributed by atoms with van der Waals surface area (Å²) in [7, 11) is -3.44. The van der Waals surface area contributed by atoms with Crippen molar-refractivity contribution in [1.29, 1.82) is 0 Å². The van der Waals surface area contributed by atoms with Gasteiger partial charge in [0.05, 0.1) is 4.99 Å². The molecule has 0 aliphatic carbocycles. The molecule has 0 fully saturated rings. The second kappa shape index (κ2) is 6.11. The lowest BCUT2D eigenvalue weighted by Crippen LogP contribution is -2.44. The molecule has 3 N–H and O–H groups in total. The highest BCUT2D eigenvalue weighted by molar-refractivity contribution is 7.93. The number of hydrogen-bond acceptors (Lipinski definition) is 3. The van der Waals surface area contributed by atoms with Gasteiger partial charge < -0.3 is 5.73 Å². The van der Waals surface area contributed by atoms with E-state index >= 15 is 0 Å². The van der Waals surface area contributed by atoms with Gasteiger partial charge in [0, 0.05) is 6.54 Å². The molecule has 0 aliphatic heterocycles. The minimum absolute atomic E-state index is 0.0309. The minimum atomic E-state index is -3.44. The topological polar surface area (TPSA) is 72.2 Å². The zero-order valence-electron chi connectivity index (χ0n) is 11.3. The van der Waals surface area contributed by atoms with Crippen molar-refractivity contribution in [3.05, 3.63) is 0 Å². The maximum absolute atomic E-state index is 12.0. The predicted molar refractivity (Wildman–Crippen MR) is 76.4 cm³/mol. The molecule has 17 heavy (non-hydrogen) atoms. The van der Waals surface area contributed by atoms with E-state index in [-0.39, 0.29) is 16.3 Å². The molecule has 0 radical (unpaired) electrons. The van der Waals surface area contributed by atoms with Crippen LogP contribution in [0.1, 0.15) is 41.0 Å². The van der Waals surface area contributed by atoms with Crippen molar-refractivity contribution in [1.82, 2.24) is 4.72 Å². The smallest absolute Gasteiger partial charge is 0.221 e. The fourth-order valence-electron chi connectivity index (χ4n) is 1.22. The van der Waals surface area contributed by atoms with Gasteiger partial charge in [-0.25, -0.2) is 13.1 Å². The Balaban J connectivity index is 4.63. The van der Waals surface area contributed by atoms with Gasteiger partial charge in [0.1, 0.15) is 5.25 Å². The van der Waals surface area contributed by atoms with E-state index in [1.807, 2.05) is 6.92 Å². The average molecular weight is 280 g/mol. The summed E-state index contributed by atoms with van der Waals surface area (Å²) < 4.78 is 26.5. The average Bonchev–Trinajstić information content (AvgIpc) is 2.12. The van der Waals surface area contributed by atoms with Gasteiger partial charge in [-0.15, -0.1) is 0 Å². The molecule has 0 aromatic rings. The van der Waals surface area contributed by atoms with Crippen LogP contribution in [0.25, 0.3) is 0 Å². The van der Waals surface area contributed by atoms with Gasteiger partial charge in [-0.2, -0.15) is 0 Å². The van der Waals surface area contributed by atoms with Gasteiger partial charge in [0.2, 0.25) is 10.0 Å². The van der Waals surface area contributed by atoms with Crippen molar-refractivity contribution >= 4 is 27.2 Å². The first kappa shape index (κ1) is 16.8. The van der Waals surface area contributed by atoms with E-state index in [9.17, 15) is 8.42 Å². The molecule has 0 bridgehead atoms. The summed E-state index contributed by atoms with van der Waals surface area (Å²) in [6.45, 7) is 10.4. The number of sulfonamides is 1. The van der Waals surface area contributed by atoms with E-state index in [0.717, 1.165) is 0 Å². The Morgan fingerprint density at radius 2 is 1.88 bits per heavy atom. The van der Waals surface area contributed by atoms with Crippen LogP contribution in [0.3, 0.4) is 0 Å². The lowest BCUT2D eigenvalue weighted by atomic mass is 9.82. The Kier molecular flexibility index (Phi) is 6.04. The van der Waals surface area contributed by atoms with Crippen LogP contribution in [0.15, 0.2) is 0 Å². The van der Waals surface area contributed by atoms with E-state index < -0.39 is 15.3 Å². The first-order chi connectivity index (χ1) is 7.52. The molecule has 0 saturated carbocycles. The first-order valence-electron chi connectivity index (χ1n) is 5.80. The molecule has 2 atom stereocenters. The molecule has 0 heterocycles. The molecule has 0 saturated heterocycles. The van der Waals surface area contributed by atoms with Crippen LogP contribution in [0.5, 0.6) is 0 Å². The number of nitrogens with two attached hydrogens (primary N) is 1. The van der Waals surface area contributed by atoms with E-state index in [0.29, 0.717) is 13.0 Å². The van der Waals surface area contributed by atoms with Crippen LogP contribution in [-0.4, -0.2) is 25.2 Å². The highest BCUT2D eigenvalue weighted by Gasteiger charge is 2.28. The quantitative estimate of drug-likeness (QED) is 0.726. The number of nitrogens with one attached hydrogen (secondary N) is 1. The monoisotopic (exact) mass is 280 g/mol. The predicted octanol–water partition coefficient (Wildman–Crippen LogP) is 1.65. The first-order valence-corrected chi connectivity index (χ1v) is 7.75. The third kappa shape index (κ3) is 5.31. The van der Waals surface area contributed by atoms with E-state index in [1.165, 1.54) is 0 Å². The Morgan fingerprint density at radius 1 is 1.41 bits per heavy atom. The highest BCUT2D eigenvalue weighted by Crippen LogP contribution is 2.24. The Hall–Kier alpha value is -0.200. The van der Waals surface area contributed by atoms with Crippen LogP contribution in [-0.2, 0) is 10.0 Å². The molecule has 0 spiro atoms. The van der Waals surface area contributed by atoms with Crippen molar-refractivity contribution in [3.8, 4) is 0 Å². The summed E-state index contributed by atoms with van der Waals surface area (Å²) in [5, 5.41) is -0.773. The van der Waals surface area contributed by atoms with Gasteiger partial charge in [-0.05, 0) is 17.8 Å². The molecular formula is C11H24N2O2S2. The standard InChI is InChI=1S/C11H24N2O2S2/c1-6-9(10(12)16)17(14,15)13-7-8(2)11(3,4)5/h8-9,13H,6-7H2,1-5H3,(H2,12,16). The van der Waals surface area contributed by atoms with Crippen LogP contribution in [0, 0.1) is 11.3 Å². The maximum Gasteiger partial charge on any atom is 0.221 e. The number of thiocarbonyl (C=S) groups is 1. The Labute approximate surface area is 110 Å². The second-order valence-electron chi connectivity index (χ2n) is 5.46. The summed E-state index contributed by atoms with van der Waals surface area (Å²) in [5.41, 5.74) is 5.50. The lowest BCUT2D eigenvalue weighted by Gasteiger charge is -2.28. The van der Waals surface area contributed by atoms with Crippen LogP contribution in [0.4, 0.5) is 0 Å². The largest absolute Gasteiger partial charge is 0.392 e. The summed E-state index contributed by atoms with van der Waals surface area (Å²) in [6.07, 6.45) is 0.397. The van der Waals surface area contributed by atoms with Crippen molar-refractivity contribution in [2.24, 2.45) is 17.1 Å². The summed E-state index contributed by atoms with van der Waals surface area (Å²) in [6, 6.07) is 0. The van der Waals surface area contributed by atoms with Crippen molar-refractivity contribution < 1.29 is 8.42 Å². The van der Waals surface area contributed by atoms with E-state index in [1.54, 1.807) is 6.92 Å². The number of rotatable bonds is 6. The molecule has 0 aromatic heterocycles. The van der Waals surface area contributed by atoms with Crippen molar-refractivity contribution in [2.75, 3.05) is 6.54 Å². The Bertz CT molecular complexity index is 358. The zero-order chi connectivity index (χ0) is 13.9. The molecule has 6 heteroatoms. The molecule has 102 valence electrons. The van der Waals surface area contributed by atoms with Crippen LogP contribution < -0.4 is 10.5 Å². The fourth-order valence-corrected chi connectivity index (χ4v) is 3.20. The van der Waals surface area contributed by atoms with Gasteiger partial charge >= 0.3 is 0 Å². The van der Waals surface area contributed by atoms with Gasteiger partial charge in [0.25, 0.3) is 0 Å².